The van der Waals surface area contributed by atoms with E-state index in [9.17, 15) is 0 Å². The van der Waals surface area contributed by atoms with Crippen LogP contribution in [0.1, 0.15) is 38.2 Å². The zero-order valence-corrected chi connectivity index (χ0v) is 21.0. The topological polar surface area (TPSA) is 48.7 Å². The van der Waals surface area contributed by atoms with Crippen LogP contribution in [0.25, 0.3) is 0 Å². The van der Waals surface area contributed by atoms with E-state index in [0.717, 1.165) is 57.6 Å². The number of aryl methyl sites for hydroxylation is 1. The maximum absolute atomic E-state index is 4.94. The molecule has 2 unspecified atom stereocenters. The summed E-state index contributed by atoms with van der Waals surface area (Å²) in [4.78, 5) is 10.2. The van der Waals surface area contributed by atoms with Crippen molar-refractivity contribution in [2.24, 2.45) is 10.9 Å². The second-order valence-electron chi connectivity index (χ2n) is 8.52. The fourth-order valence-electron chi connectivity index (χ4n) is 4.99. The van der Waals surface area contributed by atoms with Crippen molar-refractivity contribution in [3.63, 3.8) is 0 Å². The van der Waals surface area contributed by atoms with Gasteiger partial charge >= 0.3 is 0 Å². The maximum atomic E-state index is 4.94. The SMILES string of the molecule is CCNC(=NCCCn1cccn1)N1CCC2C(CCCN2Cc2ccccc2)C1.I. The van der Waals surface area contributed by atoms with Gasteiger partial charge in [-0.1, -0.05) is 30.3 Å². The summed E-state index contributed by atoms with van der Waals surface area (Å²) >= 11 is 0. The Hall–Kier alpha value is -1.61. The summed E-state index contributed by atoms with van der Waals surface area (Å²) in [5, 5.41) is 7.81. The number of nitrogens with one attached hydrogen (secondary N) is 1. The molecule has 3 heterocycles. The van der Waals surface area contributed by atoms with Crippen molar-refractivity contribution in [1.29, 1.82) is 0 Å². The molecule has 2 aliphatic heterocycles. The minimum Gasteiger partial charge on any atom is -0.357 e. The summed E-state index contributed by atoms with van der Waals surface area (Å²) in [6.07, 6.45) is 8.74. The zero-order valence-electron chi connectivity index (χ0n) is 18.7. The van der Waals surface area contributed by atoms with Gasteiger partial charge in [0.05, 0.1) is 0 Å². The van der Waals surface area contributed by atoms with E-state index in [0.29, 0.717) is 6.04 Å². The number of nitrogens with zero attached hydrogens (tertiary/aromatic N) is 5. The van der Waals surface area contributed by atoms with Crippen molar-refractivity contribution >= 4 is 29.9 Å². The van der Waals surface area contributed by atoms with Crippen molar-refractivity contribution in [1.82, 2.24) is 24.9 Å². The minimum atomic E-state index is 0. The molecule has 1 N–H and O–H groups in total. The van der Waals surface area contributed by atoms with E-state index in [2.05, 4.69) is 57.5 Å². The molecule has 6 nitrogen and oxygen atoms in total. The van der Waals surface area contributed by atoms with Crippen LogP contribution in [0.3, 0.4) is 0 Å². The summed E-state index contributed by atoms with van der Waals surface area (Å²) in [6.45, 7) is 9.39. The number of piperidine rings is 2. The average Bonchev–Trinajstić information content (AvgIpc) is 3.30. The number of hydrogen-bond donors (Lipinski definition) is 1. The van der Waals surface area contributed by atoms with Crippen LogP contribution < -0.4 is 5.32 Å². The lowest BCUT2D eigenvalue weighted by atomic mass is 9.83. The Bertz CT molecular complexity index is 779. The molecule has 2 fully saturated rings. The molecular weight excluding hydrogens is 499 g/mol. The van der Waals surface area contributed by atoms with Gasteiger partial charge in [0.15, 0.2) is 5.96 Å². The Morgan fingerprint density at radius 2 is 2.03 bits per heavy atom. The zero-order chi connectivity index (χ0) is 20.6. The van der Waals surface area contributed by atoms with Crippen LogP contribution in [-0.4, -0.2) is 64.3 Å². The number of aromatic nitrogens is 2. The first-order chi connectivity index (χ1) is 14.8. The van der Waals surface area contributed by atoms with E-state index in [-0.39, 0.29) is 24.0 Å². The Kier molecular flexibility index (Phi) is 9.64. The molecule has 0 aliphatic carbocycles. The molecular formula is C24H37IN6. The maximum Gasteiger partial charge on any atom is 0.193 e. The van der Waals surface area contributed by atoms with Gasteiger partial charge in [-0.25, -0.2) is 0 Å². The molecule has 0 spiro atoms. The Labute approximate surface area is 204 Å². The summed E-state index contributed by atoms with van der Waals surface area (Å²) in [7, 11) is 0. The van der Waals surface area contributed by atoms with Crippen molar-refractivity contribution in [3.8, 4) is 0 Å². The van der Waals surface area contributed by atoms with Gasteiger partial charge in [0.1, 0.15) is 0 Å². The quantitative estimate of drug-likeness (QED) is 0.253. The van der Waals surface area contributed by atoms with Gasteiger partial charge in [-0.3, -0.25) is 14.6 Å². The van der Waals surface area contributed by atoms with Gasteiger partial charge in [0.2, 0.25) is 0 Å². The number of halogens is 1. The molecule has 2 aliphatic rings. The van der Waals surface area contributed by atoms with Gasteiger partial charge in [0, 0.05) is 57.7 Å². The van der Waals surface area contributed by atoms with E-state index >= 15 is 0 Å². The first-order valence-corrected chi connectivity index (χ1v) is 11.6. The summed E-state index contributed by atoms with van der Waals surface area (Å²) < 4.78 is 1.98. The monoisotopic (exact) mass is 536 g/mol. The molecule has 1 aromatic carbocycles. The van der Waals surface area contributed by atoms with Gasteiger partial charge in [-0.15, -0.1) is 24.0 Å². The molecule has 2 saturated heterocycles. The first kappa shape index (κ1) is 24.0. The lowest BCUT2D eigenvalue weighted by Crippen LogP contribution is -2.56. The summed E-state index contributed by atoms with van der Waals surface area (Å²) in [5.41, 5.74) is 1.44. The molecule has 2 aromatic rings. The number of rotatable bonds is 7. The van der Waals surface area contributed by atoms with Crippen LogP contribution in [-0.2, 0) is 13.1 Å². The Morgan fingerprint density at radius 1 is 1.16 bits per heavy atom. The first-order valence-electron chi connectivity index (χ1n) is 11.6. The van der Waals surface area contributed by atoms with E-state index in [4.69, 9.17) is 4.99 Å². The fraction of sp³-hybridized carbons (Fsp3) is 0.583. The van der Waals surface area contributed by atoms with E-state index in [1.165, 1.54) is 31.4 Å². The number of likely N-dealkylation sites (tertiary alicyclic amines) is 2. The lowest BCUT2D eigenvalue weighted by Gasteiger charge is -2.48. The molecule has 170 valence electrons. The van der Waals surface area contributed by atoms with Crippen molar-refractivity contribution < 1.29 is 0 Å². The number of hydrogen-bond acceptors (Lipinski definition) is 3. The van der Waals surface area contributed by atoms with Crippen LogP contribution in [0.2, 0.25) is 0 Å². The van der Waals surface area contributed by atoms with Gasteiger partial charge in [-0.2, -0.15) is 5.10 Å². The summed E-state index contributed by atoms with van der Waals surface area (Å²) in [6, 6.07) is 13.6. The van der Waals surface area contributed by atoms with Crippen LogP contribution >= 0.6 is 24.0 Å². The number of benzene rings is 1. The standard InChI is InChI=1S/C24H36N6.HI/c1-2-25-24(26-13-7-16-30-17-8-14-27-30)29-18-12-23-22(20-29)11-6-15-28(23)19-21-9-4-3-5-10-21;/h3-5,8-10,14,17,22-23H,2,6-7,11-13,15-16,18-20H2,1H3,(H,25,26);1H. The smallest absolute Gasteiger partial charge is 0.193 e. The number of guanidine groups is 1. The lowest BCUT2D eigenvalue weighted by molar-refractivity contribution is 0.0372. The van der Waals surface area contributed by atoms with Crippen LogP contribution in [0, 0.1) is 5.92 Å². The molecule has 1 aromatic heterocycles. The molecule has 31 heavy (non-hydrogen) atoms. The van der Waals surface area contributed by atoms with Crippen molar-refractivity contribution in [2.75, 3.05) is 32.7 Å². The third kappa shape index (κ3) is 6.68. The highest BCUT2D eigenvalue weighted by atomic mass is 127. The van der Waals surface area contributed by atoms with E-state index < -0.39 is 0 Å². The third-order valence-electron chi connectivity index (χ3n) is 6.41. The van der Waals surface area contributed by atoms with E-state index in [1.807, 2.05) is 23.1 Å². The highest BCUT2D eigenvalue weighted by Crippen LogP contribution is 2.31. The predicted octanol–water partition coefficient (Wildman–Crippen LogP) is 3.84. The van der Waals surface area contributed by atoms with Crippen molar-refractivity contribution in [3.05, 3.63) is 54.4 Å². The fourth-order valence-corrected chi connectivity index (χ4v) is 4.99. The normalized spacial score (nSPS) is 22.0. The van der Waals surface area contributed by atoms with Gasteiger partial charge in [-0.05, 0) is 56.7 Å². The molecule has 7 heteroatoms. The largest absolute Gasteiger partial charge is 0.357 e. The van der Waals surface area contributed by atoms with Gasteiger partial charge in [0.25, 0.3) is 0 Å². The van der Waals surface area contributed by atoms with E-state index in [1.54, 1.807) is 0 Å². The highest BCUT2D eigenvalue weighted by Gasteiger charge is 2.36. The van der Waals surface area contributed by atoms with Crippen LogP contribution in [0.5, 0.6) is 0 Å². The molecule has 4 rings (SSSR count). The molecule has 0 bridgehead atoms. The Morgan fingerprint density at radius 3 is 2.81 bits per heavy atom. The third-order valence-corrected chi connectivity index (χ3v) is 6.41. The minimum absolute atomic E-state index is 0. The predicted molar refractivity (Wildman–Crippen MR) is 138 cm³/mol. The van der Waals surface area contributed by atoms with Crippen LogP contribution in [0.15, 0.2) is 53.8 Å². The number of fused-ring (bicyclic) bond motifs is 1. The highest BCUT2D eigenvalue weighted by molar-refractivity contribution is 14.0. The second-order valence-corrected chi connectivity index (χ2v) is 8.52. The molecule has 2 atom stereocenters. The van der Waals surface area contributed by atoms with Gasteiger partial charge < -0.3 is 10.2 Å². The molecule has 0 amide bonds. The molecule has 0 radical (unpaired) electrons. The number of aliphatic imine (C=N–C) groups is 1. The van der Waals surface area contributed by atoms with Crippen LogP contribution in [0.4, 0.5) is 0 Å². The average molecular weight is 537 g/mol. The second kappa shape index (κ2) is 12.4. The summed E-state index contributed by atoms with van der Waals surface area (Å²) in [5.74, 6) is 1.83. The molecule has 0 saturated carbocycles. The van der Waals surface area contributed by atoms with Crippen molar-refractivity contribution in [2.45, 2.75) is 51.7 Å². The Balaban J connectivity index is 0.00000272.